The van der Waals surface area contributed by atoms with Crippen molar-refractivity contribution in [3.8, 4) is 0 Å². The Hall–Kier alpha value is -1.53. The van der Waals surface area contributed by atoms with Gasteiger partial charge in [0.1, 0.15) is 5.82 Å². The zero-order chi connectivity index (χ0) is 14.9. The Morgan fingerprint density at radius 3 is 2.35 bits per heavy atom. The fourth-order valence-corrected chi connectivity index (χ4v) is 2.54. The summed E-state index contributed by atoms with van der Waals surface area (Å²) in [4.78, 5) is 12.4. The number of hydrogen-bond acceptors (Lipinski definition) is 1. The SMILES string of the molecule is [B]C(=O)N1CCC(c2ccc(F)cc2C(F)(F)F)CC1. The van der Waals surface area contributed by atoms with Crippen LogP contribution in [0.3, 0.4) is 0 Å². The third kappa shape index (κ3) is 3.14. The van der Waals surface area contributed by atoms with E-state index in [1.54, 1.807) is 0 Å². The van der Waals surface area contributed by atoms with Crippen LogP contribution in [0, 0.1) is 5.82 Å². The van der Waals surface area contributed by atoms with Crippen molar-refractivity contribution < 1.29 is 22.4 Å². The molecule has 1 aliphatic rings. The lowest BCUT2D eigenvalue weighted by Gasteiger charge is -2.33. The van der Waals surface area contributed by atoms with Crippen molar-refractivity contribution in [2.24, 2.45) is 0 Å². The number of carbonyl (C=O) groups excluding carboxylic acids is 1. The summed E-state index contributed by atoms with van der Waals surface area (Å²) in [6.45, 7) is 0.628. The van der Waals surface area contributed by atoms with Gasteiger partial charge < -0.3 is 4.90 Å². The lowest BCUT2D eigenvalue weighted by molar-refractivity contribution is -0.138. The monoisotopic (exact) mass is 285 g/mol. The van der Waals surface area contributed by atoms with Crippen LogP contribution in [0.25, 0.3) is 0 Å². The van der Waals surface area contributed by atoms with Crippen molar-refractivity contribution in [2.45, 2.75) is 24.9 Å². The van der Waals surface area contributed by atoms with E-state index in [0.29, 0.717) is 32.0 Å². The van der Waals surface area contributed by atoms with Crippen molar-refractivity contribution in [3.05, 3.63) is 35.1 Å². The molecule has 1 heterocycles. The molecule has 0 unspecified atom stereocenters. The van der Waals surface area contributed by atoms with E-state index < -0.39 is 23.4 Å². The zero-order valence-corrected chi connectivity index (χ0v) is 10.6. The smallest absolute Gasteiger partial charge is 0.353 e. The number of rotatable bonds is 1. The van der Waals surface area contributed by atoms with Gasteiger partial charge in [-0.1, -0.05) is 6.07 Å². The molecule has 0 aliphatic carbocycles. The summed E-state index contributed by atoms with van der Waals surface area (Å²) in [6.07, 6.45) is -3.81. The molecule has 2 nitrogen and oxygen atoms in total. The molecule has 1 aromatic carbocycles. The van der Waals surface area contributed by atoms with Gasteiger partial charge in [0.05, 0.1) is 5.56 Å². The van der Waals surface area contributed by atoms with E-state index in [1.807, 2.05) is 0 Å². The lowest BCUT2D eigenvalue weighted by atomic mass is 9.85. The molecule has 106 valence electrons. The highest BCUT2D eigenvalue weighted by Gasteiger charge is 2.36. The molecule has 0 atom stereocenters. The summed E-state index contributed by atoms with van der Waals surface area (Å²) in [6, 6.07) is 2.74. The summed E-state index contributed by atoms with van der Waals surface area (Å²) < 4.78 is 51.9. The van der Waals surface area contributed by atoms with Gasteiger partial charge in [0.2, 0.25) is 7.85 Å². The maximum atomic E-state index is 13.0. The van der Waals surface area contributed by atoms with Crippen LogP contribution in [0.2, 0.25) is 0 Å². The number of nitrogens with zero attached hydrogens (tertiary/aromatic N) is 1. The second kappa shape index (κ2) is 5.46. The quantitative estimate of drug-likeness (QED) is 0.572. The number of amides is 1. The van der Waals surface area contributed by atoms with Crippen molar-refractivity contribution in [3.63, 3.8) is 0 Å². The van der Waals surface area contributed by atoms with Crippen LogP contribution in [0.15, 0.2) is 18.2 Å². The van der Waals surface area contributed by atoms with Gasteiger partial charge in [0.25, 0.3) is 0 Å². The molecule has 0 bridgehead atoms. The predicted molar refractivity (Wildman–Crippen MR) is 66.1 cm³/mol. The Bertz CT molecular complexity index is 510. The van der Waals surface area contributed by atoms with Gasteiger partial charge in [-0.05, 0) is 36.5 Å². The van der Waals surface area contributed by atoms with Gasteiger partial charge in [0.15, 0.2) is 5.81 Å². The van der Waals surface area contributed by atoms with Crippen molar-refractivity contribution >= 4 is 13.7 Å². The van der Waals surface area contributed by atoms with Crippen LogP contribution in [-0.2, 0) is 6.18 Å². The van der Waals surface area contributed by atoms with Crippen LogP contribution < -0.4 is 0 Å². The Labute approximate surface area is 115 Å². The normalized spacial score (nSPS) is 17.3. The largest absolute Gasteiger partial charge is 0.416 e. The number of carbonyl (C=O) groups is 1. The predicted octanol–water partition coefficient (Wildman–Crippen LogP) is 3.31. The van der Waals surface area contributed by atoms with Crippen LogP contribution in [0.5, 0.6) is 0 Å². The van der Waals surface area contributed by atoms with Gasteiger partial charge in [-0.2, -0.15) is 13.2 Å². The number of halogens is 4. The molecular formula is C13H12BF4NO. The molecule has 2 radical (unpaired) electrons. The standard InChI is InChI=1S/C13H12BF4NO/c14-12(20)19-5-3-8(4-6-19)10-2-1-9(15)7-11(10)13(16,17)18/h1-2,7-8H,3-6H2. The third-order valence-electron chi connectivity index (χ3n) is 3.57. The second-order valence-corrected chi connectivity index (χ2v) is 4.83. The average molecular weight is 285 g/mol. The average Bonchev–Trinajstić information content (AvgIpc) is 2.38. The first kappa shape index (κ1) is 14.9. The molecule has 1 saturated heterocycles. The van der Waals surface area contributed by atoms with Gasteiger partial charge in [-0.25, -0.2) is 4.39 Å². The van der Waals surface area contributed by atoms with E-state index in [-0.39, 0.29) is 11.5 Å². The van der Waals surface area contributed by atoms with E-state index in [2.05, 4.69) is 0 Å². The highest BCUT2D eigenvalue weighted by molar-refractivity contribution is 6.56. The number of alkyl halides is 3. The first-order valence-electron chi connectivity index (χ1n) is 6.20. The summed E-state index contributed by atoms with van der Waals surface area (Å²) in [7, 11) is 5.13. The molecule has 20 heavy (non-hydrogen) atoms. The maximum absolute atomic E-state index is 13.0. The minimum absolute atomic E-state index is 0.0861. The molecule has 0 spiro atoms. The van der Waals surface area contributed by atoms with Crippen LogP contribution >= 0.6 is 0 Å². The highest BCUT2D eigenvalue weighted by Crippen LogP contribution is 2.39. The number of hydrogen-bond donors (Lipinski definition) is 0. The first-order valence-corrected chi connectivity index (χ1v) is 6.20. The van der Waals surface area contributed by atoms with E-state index in [9.17, 15) is 22.4 Å². The fourth-order valence-electron chi connectivity index (χ4n) is 2.54. The van der Waals surface area contributed by atoms with Gasteiger partial charge >= 0.3 is 6.18 Å². The number of piperidine rings is 1. The molecule has 0 aromatic heterocycles. The van der Waals surface area contributed by atoms with E-state index in [1.165, 1.54) is 11.0 Å². The summed E-state index contributed by atoms with van der Waals surface area (Å²) >= 11 is 0. The molecule has 0 saturated carbocycles. The minimum atomic E-state index is -4.59. The Kier molecular flexibility index (Phi) is 4.06. The van der Waals surface area contributed by atoms with Gasteiger partial charge in [-0.3, -0.25) is 4.79 Å². The first-order chi connectivity index (χ1) is 9.29. The van der Waals surface area contributed by atoms with Crippen LogP contribution in [0.1, 0.15) is 29.9 Å². The Morgan fingerprint density at radius 2 is 1.85 bits per heavy atom. The summed E-state index contributed by atoms with van der Waals surface area (Å²) in [5.74, 6) is -1.82. The third-order valence-corrected chi connectivity index (χ3v) is 3.57. The van der Waals surface area contributed by atoms with Crippen LogP contribution in [0.4, 0.5) is 22.4 Å². The molecule has 2 rings (SSSR count). The Balaban J connectivity index is 2.24. The molecule has 1 fully saturated rings. The molecule has 0 N–H and O–H groups in total. The topological polar surface area (TPSA) is 20.3 Å². The molecule has 1 amide bonds. The lowest BCUT2D eigenvalue weighted by Crippen LogP contribution is -2.37. The summed E-state index contributed by atoms with van der Waals surface area (Å²) in [5.41, 5.74) is -0.849. The molecule has 1 aromatic rings. The number of benzene rings is 1. The van der Waals surface area contributed by atoms with Crippen LogP contribution in [-0.4, -0.2) is 31.6 Å². The highest BCUT2D eigenvalue weighted by atomic mass is 19.4. The molecule has 1 aliphatic heterocycles. The second-order valence-electron chi connectivity index (χ2n) is 4.83. The van der Waals surface area contributed by atoms with Crippen molar-refractivity contribution in [2.75, 3.05) is 13.1 Å². The van der Waals surface area contributed by atoms with E-state index in [4.69, 9.17) is 7.85 Å². The van der Waals surface area contributed by atoms with E-state index >= 15 is 0 Å². The van der Waals surface area contributed by atoms with Gasteiger partial charge in [-0.15, -0.1) is 0 Å². The van der Waals surface area contributed by atoms with Crippen molar-refractivity contribution in [1.29, 1.82) is 0 Å². The van der Waals surface area contributed by atoms with Crippen molar-refractivity contribution in [1.82, 2.24) is 4.90 Å². The maximum Gasteiger partial charge on any atom is 0.416 e. The zero-order valence-electron chi connectivity index (χ0n) is 10.6. The van der Waals surface area contributed by atoms with Gasteiger partial charge in [0, 0.05) is 13.1 Å². The summed E-state index contributed by atoms with van der Waals surface area (Å²) in [5, 5.41) is 0. The minimum Gasteiger partial charge on any atom is -0.353 e. The molecule has 7 heteroatoms. The van der Waals surface area contributed by atoms with E-state index in [0.717, 1.165) is 6.07 Å². The number of likely N-dealkylation sites (tertiary alicyclic amines) is 1. The fraction of sp³-hybridized carbons (Fsp3) is 0.462. The molecular weight excluding hydrogens is 273 g/mol. The Morgan fingerprint density at radius 1 is 1.25 bits per heavy atom.